The number of aromatic nitrogens is 2. The van der Waals surface area contributed by atoms with Gasteiger partial charge in [-0.15, -0.1) is 10.2 Å². The number of hydrazone groups is 1. The summed E-state index contributed by atoms with van der Waals surface area (Å²) in [5, 5.41) is 15.4. The number of nitrogens with zero attached hydrogens (tertiary/aromatic N) is 3. The zero-order valence-electron chi connectivity index (χ0n) is 15.5. The van der Waals surface area contributed by atoms with Crippen molar-refractivity contribution < 1.29 is 9.59 Å². The van der Waals surface area contributed by atoms with E-state index in [4.69, 9.17) is 0 Å². The second kappa shape index (κ2) is 9.01. The molecule has 7 nitrogen and oxygen atoms in total. The molecular formula is C20H19N5O2S. The van der Waals surface area contributed by atoms with Crippen LogP contribution in [0.3, 0.4) is 0 Å². The standard InChI is InChI=1S/C20H19N5O2S/c1-13-6-5-8-15(10-13)12-21-23-17(26)11-18-24-25-20(28-18)22-19(27)16-9-4-3-7-14(16)2/h3-10,12H,11H2,1-2H3,(H,23,26)(H,22,25,27). The highest BCUT2D eigenvalue weighted by Gasteiger charge is 2.13. The Bertz CT molecular complexity index is 1030. The maximum absolute atomic E-state index is 12.3. The summed E-state index contributed by atoms with van der Waals surface area (Å²) >= 11 is 1.15. The van der Waals surface area contributed by atoms with Gasteiger partial charge in [-0.25, -0.2) is 5.43 Å². The summed E-state index contributed by atoms with van der Waals surface area (Å²) in [5.41, 5.74) is 5.92. The van der Waals surface area contributed by atoms with E-state index in [9.17, 15) is 9.59 Å². The van der Waals surface area contributed by atoms with Crippen molar-refractivity contribution in [3.05, 3.63) is 75.8 Å². The Morgan fingerprint density at radius 3 is 2.71 bits per heavy atom. The van der Waals surface area contributed by atoms with Gasteiger partial charge in [-0.1, -0.05) is 59.4 Å². The van der Waals surface area contributed by atoms with Crippen molar-refractivity contribution in [3.8, 4) is 0 Å². The lowest BCUT2D eigenvalue weighted by molar-refractivity contribution is -0.120. The highest BCUT2D eigenvalue weighted by Crippen LogP contribution is 2.17. The fraction of sp³-hybridized carbons (Fsp3) is 0.150. The molecule has 0 atom stereocenters. The van der Waals surface area contributed by atoms with Gasteiger partial charge in [0.15, 0.2) is 0 Å². The van der Waals surface area contributed by atoms with E-state index >= 15 is 0 Å². The molecule has 3 aromatic rings. The number of anilines is 1. The second-order valence-electron chi connectivity index (χ2n) is 6.15. The van der Waals surface area contributed by atoms with Gasteiger partial charge in [0.2, 0.25) is 11.0 Å². The van der Waals surface area contributed by atoms with Crippen LogP contribution in [0.1, 0.15) is 32.1 Å². The van der Waals surface area contributed by atoms with Gasteiger partial charge in [-0.05, 0) is 31.0 Å². The number of amides is 2. The first-order chi connectivity index (χ1) is 13.5. The van der Waals surface area contributed by atoms with Gasteiger partial charge >= 0.3 is 0 Å². The molecule has 0 spiro atoms. The third kappa shape index (κ3) is 5.31. The normalized spacial score (nSPS) is 10.8. The van der Waals surface area contributed by atoms with E-state index in [0.29, 0.717) is 15.7 Å². The van der Waals surface area contributed by atoms with E-state index in [0.717, 1.165) is 28.0 Å². The van der Waals surface area contributed by atoms with Crippen LogP contribution in [0, 0.1) is 13.8 Å². The molecule has 28 heavy (non-hydrogen) atoms. The molecule has 0 aliphatic carbocycles. The molecule has 0 bridgehead atoms. The van der Waals surface area contributed by atoms with Crippen LogP contribution in [0.25, 0.3) is 0 Å². The van der Waals surface area contributed by atoms with Gasteiger partial charge in [0.25, 0.3) is 5.91 Å². The van der Waals surface area contributed by atoms with E-state index in [2.05, 4.69) is 26.0 Å². The molecule has 0 saturated heterocycles. The molecule has 0 aliphatic rings. The number of aryl methyl sites for hydroxylation is 2. The zero-order chi connectivity index (χ0) is 19.9. The predicted octanol–water partition coefficient (Wildman–Crippen LogP) is 3.10. The fourth-order valence-corrected chi connectivity index (χ4v) is 3.21. The maximum Gasteiger partial charge on any atom is 0.257 e. The van der Waals surface area contributed by atoms with E-state index < -0.39 is 0 Å². The monoisotopic (exact) mass is 393 g/mol. The molecule has 142 valence electrons. The van der Waals surface area contributed by atoms with E-state index in [1.165, 1.54) is 0 Å². The average molecular weight is 393 g/mol. The van der Waals surface area contributed by atoms with Crippen molar-refractivity contribution in [2.75, 3.05) is 5.32 Å². The highest BCUT2D eigenvalue weighted by molar-refractivity contribution is 7.15. The van der Waals surface area contributed by atoms with Crippen LogP contribution in [0.2, 0.25) is 0 Å². The first-order valence-corrected chi connectivity index (χ1v) is 9.41. The Labute approximate surface area is 166 Å². The van der Waals surface area contributed by atoms with Crippen LogP contribution < -0.4 is 10.7 Å². The zero-order valence-corrected chi connectivity index (χ0v) is 16.3. The third-order valence-corrected chi connectivity index (χ3v) is 4.67. The molecule has 0 saturated carbocycles. The number of rotatable bonds is 6. The first kappa shape index (κ1) is 19.4. The SMILES string of the molecule is Cc1cccc(C=NNC(=O)Cc2nnc(NC(=O)c3ccccc3C)s2)c1. The summed E-state index contributed by atoms with van der Waals surface area (Å²) in [5.74, 6) is -0.565. The Balaban J connectivity index is 1.53. The molecule has 1 heterocycles. The number of benzene rings is 2. The largest absolute Gasteiger partial charge is 0.296 e. The lowest BCUT2D eigenvalue weighted by Gasteiger charge is -2.03. The summed E-state index contributed by atoms with van der Waals surface area (Å²) in [6.45, 7) is 3.85. The predicted molar refractivity (Wildman–Crippen MR) is 110 cm³/mol. The molecule has 2 amide bonds. The molecule has 0 unspecified atom stereocenters. The first-order valence-electron chi connectivity index (χ1n) is 8.59. The highest BCUT2D eigenvalue weighted by atomic mass is 32.1. The van der Waals surface area contributed by atoms with Gasteiger partial charge in [-0.2, -0.15) is 5.10 Å². The van der Waals surface area contributed by atoms with Crippen LogP contribution in [-0.2, 0) is 11.2 Å². The van der Waals surface area contributed by atoms with E-state index in [1.54, 1.807) is 18.3 Å². The van der Waals surface area contributed by atoms with Gasteiger partial charge in [0.05, 0.1) is 12.6 Å². The van der Waals surface area contributed by atoms with Crippen LogP contribution in [0.4, 0.5) is 5.13 Å². The molecule has 8 heteroatoms. The molecule has 0 radical (unpaired) electrons. The molecule has 1 aromatic heterocycles. The number of hydrogen-bond donors (Lipinski definition) is 2. The Morgan fingerprint density at radius 2 is 1.93 bits per heavy atom. The van der Waals surface area contributed by atoms with Crippen molar-refractivity contribution in [3.63, 3.8) is 0 Å². The van der Waals surface area contributed by atoms with Crippen LogP contribution >= 0.6 is 11.3 Å². The molecule has 2 N–H and O–H groups in total. The Hall–Kier alpha value is -3.39. The number of hydrogen-bond acceptors (Lipinski definition) is 6. The number of carbonyl (C=O) groups is 2. The van der Waals surface area contributed by atoms with Crippen LogP contribution in [0.5, 0.6) is 0 Å². The van der Waals surface area contributed by atoms with Gasteiger partial charge in [0, 0.05) is 5.56 Å². The van der Waals surface area contributed by atoms with Gasteiger partial charge in [-0.3, -0.25) is 14.9 Å². The topological polar surface area (TPSA) is 96.3 Å². The quantitative estimate of drug-likeness (QED) is 0.497. The van der Waals surface area contributed by atoms with Crippen LogP contribution in [0.15, 0.2) is 53.6 Å². The molecule has 0 fully saturated rings. The molecule has 0 aliphatic heterocycles. The van der Waals surface area contributed by atoms with Crippen molar-refractivity contribution in [2.45, 2.75) is 20.3 Å². The van der Waals surface area contributed by atoms with Crippen LogP contribution in [-0.4, -0.2) is 28.2 Å². The summed E-state index contributed by atoms with van der Waals surface area (Å²) in [6, 6.07) is 15.0. The maximum atomic E-state index is 12.3. The van der Waals surface area contributed by atoms with Crippen molar-refractivity contribution in [1.82, 2.24) is 15.6 Å². The van der Waals surface area contributed by atoms with E-state index in [1.807, 2.05) is 50.2 Å². The minimum atomic E-state index is -0.308. The lowest BCUT2D eigenvalue weighted by atomic mass is 10.1. The Morgan fingerprint density at radius 1 is 1.11 bits per heavy atom. The Kier molecular flexibility index (Phi) is 6.23. The summed E-state index contributed by atoms with van der Waals surface area (Å²) in [7, 11) is 0. The van der Waals surface area contributed by atoms with Crippen molar-refractivity contribution >= 4 is 34.5 Å². The third-order valence-electron chi connectivity index (χ3n) is 3.83. The lowest BCUT2D eigenvalue weighted by Crippen LogP contribution is -2.19. The summed E-state index contributed by atoms with van der Waals surface area (Å²) < 4.78 is 0. The minimum Gasteiger partial charge on any atom is -0.296 e. The summed E-state index contributed by atoms with van der Waals surface area (Å²) in [6.07, 6.45) is 1.61. The summed E-state index contributed by atoms with van der Waals surface area (Å²) in [4.78, 5) is 24.3. The smallest absolute Gasteiger partial charge is 0.257 e. The number of nitrogens with one attached hydrogen (secondary N) is 2. The molecule has 2 aromatic carbocycles. The second-order valence-corrected chi connectivity index (χ2v) is 7.22. The van der Waals surface area contributed by atoms with Gasteiger partial charge < -0.3 is 0 Å². The van der Waals surface area contributed by atoms with Gasteiger partial charge in [0.1, 0.15) is 5.01 Å². The fourth-order valence-electron chi connectivity index (χ4n) is 2.47. The minimum absolute atomic E-state index is 0.0308. The van der Waals surface area contributed by atoms with Crippen molar-refractivity contribution in [2.24, 2.45) is 5.10 Å². The van der Waals surface area contributed by atoms with Crippen molar-refractivity contribution in [1.29, 1.82) is 0 Å². The number of carbonyl (C=O) groups excluding carboxylic acids is 2. The average Bonchev–Trinajstić information content (AvgIpc) is 3.08. The van der Waals surface area contributed by atoms with E-state index in [-0.39, 0.29) is 18.2 Å². The molecular weight excluding hydrogens is 374 g/mol. The molecule has 3 rings (SSSR count).